The molecule has 4 rings (SSSR count). The number of benzene rings is 4. The maximum Gasteiger partial charge on any atom is 0.264 e. The molecule has 1 N–H and O–H groups in total. The molecule has 230 valence electrons. The Morgan fingerprint density at radius 2 is 1.50 bits per heavy atom. The van der Waals surface area contributed by atoms with Gasteiger partial charge in [0.05, 0.1) is 10.6 Å². The minimum absolute atomic E-state index is 0.0439. The minimum atomic E-state index is -4.20. The normalized spacial score (nSPS) is 11.9. The number of rotatable bonds is 12. The van der Waals surface area contributed by atoms with Crippen LogP contribution in [-0.2, 0) is 32.6 Å². The fourth-order valence-electron chi connectivity index (χ4n) is 4.96. The van der Waals surface area contributed by atoms with Gasteiger partial charge >= 0.3 is 0 Å². The van der Waals surface area contributed by atoms with Gasteiger partial charge in [0.2, 0.25) is 11.8 Å². The van der Waals surface area contributed by atoms with Crippen LogP contribution in [0.15, 0.2) is 102 Å². The second kappa shape index (κ2) is 14.6. The fraction of sp³-hybridized carbons (Fsp3) is 0.257. The Hall–Kier alpha value is -4.14. The fourth-order valence-corrected chi connectivity index (χ4v) is 6.54. The summed E-state index contributed by atoms with van der Waals surface area (Å²) in [4.78, 5) is 29.6. The van der Waals surface area contributed by atoms with E-state index in [2.05, 4.69) is 5.32 Å². The molecule has 0 bridgehead atoms. The summed E-state index contributed by atoms with van der Waals surface area (Å²) in [7, 11) is -4.20. The van der Waals surface area contributed by atoms with Crippen LogP contribution in [0.2, 0.25) is 5.02 Å². The van der Waals surface area contributed by atoms with Crippen LogP contribution >= 0.6 is 11.6 Å². The molecule has 0 spiro atoms. The first kappa shape index (κ1) is 32.8. The molecule has 0 fully saturated rings. The summed E-state index contributed by atoms with van der Waals surface area (Å²) in [6.45, 7) is 7.43. The van der Waals surface area contributed by atoms with E-state index >= 15 is 0 Å². The summed E-state index contributed by atoms with van der Waals surface area (Å²) in [5, 5.41) is 3.25. The van der Waals surface area contributed by atoms with Crippen LogP contribution in [0.5, 0.6) is 0 Å². The summed E-state index contributed by atoms with van der Waals surface area (Å²) in [5.41, 5.74) is 4.63. The van der Waals surface area contributed by atoms with Crippen LogP contribution in [0.1, 0.15) is 34.7 Å². The Morgan fingerprint density at radius 1 is 0.818 bits per heavy atom. The lowest BCUT2D eigenvalue weighted by molar-refractivity contribution is -0.140. The van der Waals surface area contributed by atoms with Crippen LogP contribution < -0.4 is 9.62 Å². The van der Waals surface area contributed by atoms with E-state index in [4.69, 9.17) is 11.6 Å². The number of sulfonamides is 1. The lowest BCUT2D eigenvalue weighted by atomic mass is 10.0. The van der Waals surface area contributed by atoms with Crippen molar-refractivity contribution in [1.29, 1.82) is 0 Å². The third kappa shape index (κ3) is 8.07. The standard InChI is InChI=1S/C35H38ClN3O4S/c1-5-37-35(41)33(21-28-11-7-6-8-12-28)38(23-29-13-9-10-26(3)20-29)34(40)24-39(30-17-16-27(4)32(36)22-30)44(42,43)31-18-14-25(2)15-19-31/h6-20,22,33H,5,21,23-24H2,1-4H3,(H,37,41). The minimum Gasteiger partial charge on any atom is -0.355 e. The van der Waals surface area contributed by atoms with Crippen molar-refractivity contribution in [3.8, 4) is 0 Å². The molecule has 1 atom stereocenters. The van der Waals surface area contributed by atoms with E-state index in [0.29, 0.717) is 11.6 Å². The van der Waals surface area contributed by atoms with Gasteiger partial charge in [-0.15, -0.1) is 0 Å². The van der Waals surface area contributed by atoms with Crippen LogP contribution in [0.25, 0.3) is 0 Å². The third-order valence-corrected chi connectivity index (χ3v) is 9.58. The number of amides is 2. The number of halogens is 1. The highest BCUT2D eigenvalue weighted by Gasteiger charge is 2.34. The molecule has 0 aliphatic carbocycles. The van der Waals surface area contributed by atoms with Gasteiger partial charge in [-0.05, 0) is 68.7 Å². The summed E-state index contributed by atoms with van der Waals surface area (Å²) < 4.78 is 29.3. The average Bonchev–Trinajstić information content (AvgIpc) is 3.00. The van der Waals surface area contributed by atoms with E-state index in [-0.39, 0.29) is 29.5 Å². The van der Waals surface area contributed by atoms with Gasteiger partial charge in [-0.2, -0.15) is 0 Å². The van der Waals surface area contributed by atoms with Crippen molar-refractivity contribution < 1.29 is 18.0 Å². The number of nitrogens with one attached hydrogen (secondary N) is 1. The van der Waals surface area contributed by atoms with Gasteiger partial charge in [-0.3, -0.25) is 13.9 Å². The van der Waals surface area contributed by atoms with Crippen molar-refractivity contribution >= 4 is 39.1 Å². The van der Waals surface area contributed by atoms with Crippen LogP contribution in [-0.4, -0.2) is 44.3 Å². The molecule has 0 aliphatic heterocycles. The number of likely N-dealkylation sites (N-methyl/N-ethyl adjacent to an activating group) is 1. The summed E-state index contributed by atoms with van der Waals surface area (Å²) >= 11 is 6.44. The van der Waals surface area contributed by atoms with Gasteiger partial charge in [0.25, 0.3) is 10.0 Å². The number of aryl methyl sites for hydroxylation is 3. The summed E-state index contributed by atoms with van der Waals surface area (Å²) in [6.07, 6.45) is 0.255. The highest BCUT2D eigenvalue weighted by atomic mass is 35.5. The van der Waals surface area contributed by atoms with Gasteiger partial charge in [-0.1, -0.05) is 95.5 Å². The first-order valence-electron chi connectivity index (χ1n) is 14.5. The average molecular weight is 632 g/mol. The topological polar surface area (TPSA) is 86.8 Å². The molecule has 2 amide bonds. The molecule has 0 aliphatic rings. The van der Waals surface area contributed by atoms with Crippen molar-refractivity contribution in [2.45, 2.75) is 51.6 Å². The molecular formula is C35H38ClN3O4S. The molecule has 0 radical (unpaired) electrons. The Kier molecular flexibility index (Phi) is 10.8. The Bertz CT molecular complexity index is 1710. The predicted octanol–water partition coefficient (Wildman–Crippen LogP) is 6.24. The lowest BCUT2D eigenvalue weighted by Gasteiger charge is -2.34. The molecule has 4 aromatic rings. The molecule has 0 saturated heterocycles. The molecule has 9 heteroatoms. The quantitative estimate of drug-likeness (QED) is 0.201. The number of anilines is 1. The predicted molar refractivity (Wildman–Crippen MR) is 176 cm³/mol. The smallest absolute Gasteiger partial charge is 0.264 e. The Labute approximate surface area is 265 Å². The molecule has 1 unspecified atom stereocenters. The van der Waals surface area contributed by atoms with E-state index in [9.17, 15) is 18.0 Å². The molecule has 44 heavy (non-hydrogen) atoms. The van der Waals surface area contributed by atoms with Crippen LogP contribution in [0.3, 0.4) is 0 Å². The van der Waals surface area contributed by atoms with E-state index in [1.807, 2.05) is 82.3 Å². The highest BCUT2D eigenvalue weighted by molar-refractivity contribution is 7.92. The summed E-state index contributed by atoms with van der Waals surface area (Å²) in [6, 6.07) is 27.7. The van der Waals surface area contributed by atoms with Gasteiger partial charge < -0.3 is 10.2 Å². The lowest BCUT2D eigenvalue weighted by Crippen LogP contribution is -2.53. The van der Waals surface area contributed by atoms with Gasteiger partial charge in [0.1, 0.15) is 12.6 Å². The number of nitrogens with zero attached hydrogens (tertiary/aromatic N) is 2. The zero-order valence-corrected chi connectivity index (χ0v) is 27.0. The van der Waals surface area contributed by atoms with E-state index in [1.165, 1.54) is 17.0 Å². The van der Waals surface area contributed by atoms with Crippen LogP contribution in [0, 0.1) is 20.8 Å². The van der Waals surface area contributed by atoms with Crippen molar-refractivity contribution in [2.24, 2.45) is 0 Å². The zero-order valence-electron chi connectivity index (χ0n) is 25.5. The maximum absolute atomic E-state index is 14.4. The molecular weight excluding hydrogens is 594 g/mol. The highest BCUT2D eigenvalue weighted by Crippen LogP contribution is 2.29. The second-order valence-electron chi connectivity index (χ2n) is 10.9. The SMILES string of the molecule is CCNC(=O)C(Cc1ccccc1)N(Cc1cccc(C)c1)C(=O)CN(c1ccc(C)c(Cl)c1)S(=O)(=O)c1ccc(C)cc1. The van der Waals surface area contributed by atoms with E-state index in [1.54, 1.807) is 30.3 Å². The largest absolute Gasteiger partial charge is 0.355 e. The van der Waals surface area contributed by atoms with E-state index in [0.717, 1.165) is 32.1 Å². The van der Waals surface area contributed by atoms with Crippen LogP contribution in [0.4, 0.5) is 5.69 Å². The number of carbonyl (C=O) groups is 2. The van der Waals surface area contributed by atoms with Gasteiger partial charge in [0.15, 0.2) is 0 Å². The van der Waals surface area contributed by atoms with Gasteiger partial charge in [-0.25, -0.2) is 8.42 Å². The molecule has 0 saturated carbocycles. The molecule has 0 heterocycles. The first-order chi connectivity index (χ1) is 21.0. The molecule has 7 nitrogen and oxygen atoms in total. The third-order valence-electron chi connectivity index (χ3n) is 7.39. The zero-order chi connectivity index (χ0) is 31.9. The van der Waals surface area contributed by atoms with Crippen molar-refractivity contribution in [3.63, 3.8) is 0 Å². The van der Waals surface area contributed by atoms with E-state index < -0.39 is 28.5 Å². The second-order valence-corrected chi connectivity index (χ2v) is 13.1. The number of hydrogen-bond acceptors (Lipinski definition) is 4. The van der Waals surface area contributed by atoms with Crippen molar-refractivity contribution in [1.82, 2.24) is 10.2 Å². The van der Waals surface area contributed by atoms with Crippen molar-refractivity contribution in [2.75, 3.05) is 17.4 Å². The Morgan fingerprint density at radius 3 is 2.14 bits per heavy atom. The first-order valence-corrected chi connectivity index (χ1v) is 16.3. The monoisotopic (exact) mass is 631 g/mol. The number of carbonyl (C=O) groups excluding carboxylic acids is 2. The number of hydrogen-bond donors (Lipinski definition) is 1. The summed E-state index contributed by atoms with van der Waals surface area (Å²) in [5.74, 6) is -0.838. The van der Waals surface area contributed by atoms with Crippen molar-refractivity contribution in [3.05, 3.63) is 130 Å². The molecule has 4 aromatic carbocycles. The maximum atomic E-state index is 14.4. The van der Waals surface area contributed by atoms with Gasteiger partial charge in [0, 0.05) is 24.5 Å². The Balaban J connectivity index is 1.81. The molecule has 0 aromatic heterocycles.